The molecule has 0 aliphatic heterocycles. The van der Waals surface area contributed by atoms with Crippen molar-refractivity contribution in [3.8, 4) is 0 Å². The van der Waals surface area contributed by atoms with Crippen LogP contribution in [0.1, 0.15) is 64.2 Å². The molecule has 0 saturated heterocycles. The quantitative estimate of drug-likeness (QED) is 0.549. The molecule has 0 nitrogen and oxygen atoms in total. The van der Waals surface area contributed by atoms with E-state index in [1.807, 2.05) is 0 Å². The SMILES string of the molecule is C=C[C]1CCCCCCCCCC1. The third-order valence-electron chi connectivity index (χ3n) is 3.03. The minimum absolute atomic E-state index is 1.31. The van der Waals surface area contributed by atoms with Gasteiger partial charge in [-0.3, -0.25) is 0 Å². The summed E-state index contributed by atoms with van der Waals surface area (Å²) in [6.45, 7) is 3.90. The van der Waals surface area contributed by atoms with Gasteiger partial charge in [-0.15, -0.1) is 6.58 Å². The Morgan fingerprint density at radius 2 is 1.08 bits per heavy atom. The minimum atomic E-state index is 1.31. The van der Waals surface area contributed by atoms with E-state index in [0.717, 1.165) is 0 Å². The van der Waals surface area contributed by atoms with Gasteiger partial charge >= 0.3 is 0 Å². The lowest BCUT2D eigenvalue weighted by Crippen LogP contribution is -1.93. The van der Waals surface area contributed by atoms with Crippen molar-refractivity contribution in [3.05, 3.63) is 18.6 Å². The molecule has 13 heavy (non-hydrogen) atoms. The Hall–Kier alpha value is -0.260. The standard InChI is InChI=1S/C13H23/c1-2-13-11-9-7-5-3-4-6-8-10-12-13/h2H,1,3-12H2. The van der Waals surface area contributed by atoms with E-state index >= 15 is 0 Å². The van der Waals surface area contributed by atoms with Crippen LogP contribution in [0.15, 0.2) is 12.7 Å². The smallest absolute Gasteiger partial charge is 0.00301 e. The second kappa shape index (κ2) is 7.17. The predicted octanol–water partition coefficient (Wildman–Crippen LogP) is 4.66. The fourth-order valence-corrected chi connectivity index (χ4v) is 2.09. The summed E-state index contributed by atoms with van der Waals surface area (Å²) >= 11 is 0. The molecule has 0 unspecified atom stereocenters. The van der Waals surface area contributed by atoms with Crippen molar-refractivity contribution in [2.24, 2.45) is 0 Å². The second-order valence-electron chi connectivity index (χ2n) is 4.19. The van der Waals surface area contributed by atoms with Gasteiger partial charge in [0, 0.05) is 0 Å². The Morgan fingerprint density at radius 1 is 0.692 bits per heavy atom. The van der Waals surface area contributed by atoms with E-state index < -0.39 is 0 Å². The van der Waals surface area contributed by atoms with Crippen LogP contribution >= 0.6 is 0 Å². The van der Waals surface area contributed by atoms with E-state index in [-0.39, 0.29) is 0 Å². The molecule has 0 amide bonds. The zero-order valence-corrected chi connectivity index (χ0v) is 8.86. The highest BCUT2D eigenvalue weighted by molar-refractivity contribution is 5.05. The molecular weight excluding hydrogens is 156 g/mol. The van der Waals surface area contributed by atoms with Crippen molar-refractivity contribution in [3.63, 3.8) is 0 Å². The van der Waals surface area contributed by atoms with Crippen LogP contribution in [0.2, 0.25) is 0 Å². The molecule has 0 atom stereocenters. The summed E-state index contributed by atoms with van der Waals surface area (Å²) in [6.07, 6.45) is 16.2. The van der Waals surface area contributed by atoms with Gasteiger partial charge in [-0.25, -0.2) is 0 Å². The highest BCUT2D eigenvalue weighted by atomic mass is 14.1. The zero-order chi connectivity index (χ0) is 9.36. The summed E-state index contributed by atoms with van der Waals surface area (Å²) in [6, 6.07) is 0. The average Bonchev–Trinajstić information content (AvgIpc) is 2.22. The first-order valence-corrected chi connectivity index (χ1v) is 5.90. The summed E-state index contributed by atoms with van der Waals surface area (Å²) in [5, 5.41) is 0. The van der Waals surface area contributed by atoms with Crippen LogP contribution in [0.5, 0.6) is 0 Å². The minimum Gasteiger partial charge on any atom is -0.102 e. The van der Waals surface area contributed by atoms with Crippen LogP contribution in [-0.2, 0) is 0 Å². The molecule has 0 aromatic heterocycles. The maximum absolute atomic E-state index is 3.90. The van der Waals surface area contributed by atoms with Crippen LogP contribution in [0, 0.1) is 5.92 Å². The van der Waals surface area contributed by atoms with E-state index in [9.17, 15) is 0 Å². The normalized spacial score (nSPS) is 23.4. The third-order valence-corrected chi connectivity index (χ3v) is 3.03. The van der Waals surface area contributed by atoms with E-state index in [2.05, 4.69) is 12.7 Å². The summed E-state index contributed by atoms with van der Waals surface area (Å²) in [5.74, 6) is 1.60. The summed E-state index contributed by atoms with van der Waals surface area (Å²) in [5.41, 5.74) is 0. The molecule has 1 saturated carbocycles. The zero-order valence-electron chi connectivity index (χ0n) is 8.86. The summed E-state index contributed by atoms with van der Waals surface area (Å²) < 4.78 is 0. The van der Waals surface area contributed by atoms with E-state index in [4.69, 9.17) is 0 Å². The monoisotopic (exact) mass is 179 g/mol. The maximum atomic E-state index is 3.90. The van der Waals surface area contributed by atoms with E-state index in [1.54, 1.807) is 5.92 Å². The number of hydrogen-bond acceptors (Lipinski definition) is 0. The molecule has 1 radical (unpaired) electrons. The van der Waals surface area contributed by atoms with Gasteiger partial charge < -0.3 is 0 Å². The third kappa shape index (κ3) is 5.13. The van der Waals surface area contributed by atoms with Crippen molar-refractivity contribution in [2.45, 2.75) is 64.2 Å². The van der Waals surface area contributed by atoms with Crippen molar-refractivity contribution < 1.29 is 0 Å². The molecule has 0 N–H and O–H groups in total. The lowest BCUT2D eigenvalue weighted by molar-refractivity contribution is 0.585. The first kappa shape index (κ1) is 10.8. The molecule has 0 aromatic rings. The first-order valence-electron chi connectivity index (χ1n) is 5.90. The number of hydrogen-bond donors (Lipinski definition) is 0. The van der Waals surface area contributed by atoms with Gasteiger partial charge in [-0.05, 0) is 18.8 Å². The molecule has 0 heteroatoms. The number of rotatable bonds is 1. The van der Waals surface area contributed by atoms with Gasteiger partial charge in [-0.1, -0.05) is 57.4 Å². The Morgan fingerprint density at radius 3 is 1.46 bits per heavy atom. The van der Waals surface area contributed by atoms with Crippen molar-refractivity contribution in [1.82, 2.24) is 0 Å². The van der Waals surface area contributed by atoms with Crippen LogP contribution in [0.4, 0.5) is 0 Å². The lowest BCUT2D eigenvalue weighted by Gasteiger charge is -2.09. The molecule has 75 valence electrons. The molecule has 1 aliphatic carbocycles. The fourth-order valence-electron chi connectivity index (χ4n) is 2.09. The van der Waals surface area contributed by atoms with Gasteiger partial charge in [0.05, 0.1) is 0 Å². The van der Waals surface area contributed by atoms with Crippen LogP contribution in [0.3, 0.4) is 0 Å². The first-order chi connectivity index (χ1) is 6.43. The highest BCUT2D eigenvalue weighted by Gasteiger charge is 2.05. The summed E-state index contributed by atoms with van der Waals surface area (Å²) in [7, 11) is 0. The average molecular weight is 179 g/mol. The van der Waals surface area contributed by atoms with Crippen molar-refractivity contribution >= 4 is 0 Å². The molecule has 0 heterocycles. The molecule has 1 aliphatic rings. The topological polar surface area (TPSA) is 0 Å². The van der Waals surface area contributed by atoms with Gasteiger partial charge in [0.15, 0.2) is 0 Å². The van der Waals surface area contributed by atoms with Crippen LogP contribution in [-0.4, -0.2) is 0 Å². The number of allylic oxidation sites excluding steroid dienone is 1. The van der Waals surface area contributed by atoms with Gasteiger partial charge in [0.2, 0.25) is 0 Å². The van der Waals surface area contributed by atoms with Gasteiger partial charge in [0.1, 0.15) is 0 Å². The maximum Gasteiger partial charge on any atom is -0.00301 e. The Balaban J connectivity index is 2.22. The Kier molecular flexibility index (Phi) is 5.97. The van der Waals surface area contributed by atoms with E-state index in [0.29, 0.717) is 0 Å². The Labute approximate surface area is 83.4 Å². The van der Waals surface area contributed by atoms with Gasteiger partial charge in [0.25, 0.3) is 0 Å². The largest absolute Gasteiger partial charge is 0.102 e. The predicted molar refractivity (Wildman–Crippen MR) is 59.6 cm³/mol. The molecule has 1 fully saturated rings. The molecule has 0 bridgehead atoms. The van der Waals surface area contributed by atoms with Crippen LogP contribution in [0.25, 0.3) is 0 Å². The highest BCUT2D eigenvalue weighted by Crippen LogP contribution is 2.22. The van der Waals surface area contributed by atoms with E-state index in [1.165, 1.54) is 64.2 Å². The van der Waals surface area contributed by atoms with Gasteiger partial charge in [-0.2, -0.15) is 0 Å². The van der Waals surface area contributed by atoms with Crippen molar-refractivity contribution in [2.75, 3.05) is 0 Å². The fraction of sp³-hybridized carbons (Fsp3) is 0.769. The second-order valence-corrected chi connectivity index (χ2v) is 4.19. The lowest BCUT2D eigenvalue weighted by atomic mass is 9.96. The molecule has 0 spiro atoms. The summed E-state index contributed by atoms with van der Waals surface area (Å²) in [4.78, 5) is 0. The molecule has 1 rings (SSSR count). The Bertz CT molecular complexity index is 114. The molecule has 0 aromatic carbocycles. The van der Waals surface area contributed by atoms with Crippen LogP contribution < -0.4 is 0 Å². The molecular formula is C13H23. The van der Waals surface area contributed by atoms with Crippen molar-refractivity contribution in [1.29, 1.82) is 0 Å².